The van der Waals surface area contributed by atoms with E-state index in [0.717, 1.165) is 18.8 Å². The van der Waals surface area contributed by atoms with Gasteiger partial charge in [-0.25, -0.2) is 0 Å². The van der Waals surface area contributed by atoms with Crippen LogP contribution in [0.4, 0.5) is 17.1 Å². The zero-order chi connectivity index (χ0) is 21.6. The van der Waals surface area contributed by atoms with Crippen molar-refractivity contribution in [1.82, 2.24) is 5.32 Å². The number of hydrogen-bond donors (Lipinski definition) is 2. The van der Waals surface area contributed by atoms with Crippen LogP contribution in [0.1, 0.15) is 12.5 Å². The van der Waals surface area contributed by atoms with Gasteiger partial charge in [0.15, 0.2) is 0 Å². The second-order valence-corrected chi connectivity index (χ2v) is 6.07. The van der Waals surface area contributed by atoms with E-state index in [2.05, 4.69) is 41.5 Å². The SMILES string of the molecule is C[C@@H]1CNC(Cc2ccccc2)=N1.O=[N+]([O-])c1cc([N+](=O)[O-])c(O)c([N+](=O)[O-])c1. The first-order valence-electron chi connectivity index (χ1n) is 8.33. The molecule has 0 amide bonds. The molecule has 1 heterocycles. The number of nitro groups is 3. The van der Waals surface area contributed by atoms with Gasteiger partial charge in [0, 0.05) is 13.0 Å². The molecular weight excluding hydrogens is 386 g/mol. The number of nitrogens with zero attached hydrogens (tertiary/aromatic N) is 4. The van der Waals surface area contributed by atoms with E-state index in [-0.39, 0.29) is 0 Å². The Bertz CT molecular complexity index is 927. The Balaban J connectivity index is 0.000000211. The number of rotatable bonds is 5. The van der Waals surface area contributed by atoms with Crippen LogP contribution in [0.2, 0.25) is 0 Å². The average molecular weight is 403 g/mol. The lowest BCUT2D eigenvalue weighted by Crippen LogP contribution is -2.21. The van der Waals surface area contributed by atoms with Gasteiger partial charge < -0.3 is 10.4 Å². The average Bonchev–Trinajstić information content (AvgIpc) is 3.07. The highest BCUT2D eigenvalue weighted by molar-refractivity contribution is 5.85. The van der Waals surface area contributed by atoms with E-state index < -0.39 is 37.6 Å². The fourth-order valence-corrected chi connectivity index (χ4v) is 2.49. The molecule has 12 nitrogen and oxygen atoms in total. The van der Waals surface area contributed by atoms with Crippen LogP contribution in [-0.4, -0.2) is 38.3 Å². The van der Waals surface area contributed by atoms with Crippen LogP contribution in [0, 0.1) is 30.3 Å². The maximum absolute atomic E-state index is 10.4. The van der Waals surface area contributed by atoms with Gasteiger partial charge in [0.2, 0.25) is 0 Å². The molecule has 2 N–H and O–H groups in total. The first kappa shape index (κ1) is 21.2. The highest BCUT2D eigenvalue weighted by Crippen LogP contribution is 2.38. The first-order valence-corrected chi connectivity index (χ1v) is 8.33. The van der Waals surface area contributed by atoms with Crippen molar-refractivity contribution in [1.29, 1.82) is 0 Å². The summed E-state index contributed by atoms with van der Waals surface area (Å²) >= 11 is 0. The van der Waals surface area contributed by atoms with Crippen molar-refractivity contribution in [3.63, 3.8) is 0 Å². The fraction of sp³-hybridized carbons (Fsp3) is 0.235. The smallest absolute Gasteiger partial charge is 0.324 e. The largest absolute Gasteiger partial charge is 0.497 e. The van der Waals surface area contributed by atoms with Crippen molar-refractivity contribution < 1.29 is 19.9 Å². The molecule has 12 heteroatoms. The molecule has 29 heavy (non-hydrogen) atoms. The summed E-state index contributed by atoms with van der Waals surface area (Å²) in [6, 6.07) is 11.8. The van der Waals surface area contributed by atoms with Crippen LogP contribution in [0.25, 0.3) is 0 Å². The lowest BCUT2D eigenvalue weighted by Gasteiger charge is -2.00. The van der Waals surface area contributed by atoms with Crippen LogP contribution in [0.15, 0.2) is 47.5 Å². The van der Waals surface area contributed by atoms with Crippen molar-refractivity contribution >= 4 is 22.9 Å². The molecule has 0 radical (unpaired) electrons. The normalized spacial score (nSPS) is 14.8. The third-order valence-electron chi connectivity index (χ3n) is 3.85. The van der Waals surface area contributed by atoms with Gasteiger partial charge in [-0.15, -0.1) is 0 Å². The highest BCUT2D eigenvalue weighted by atomic mass is 16.6. The van der Waals surface area contributed by atoms with E-state index in [1.165, 1.54) is 5.56 Å². The molecule has 1 aliphatic rings. The Morgan fingerprint density at radius 1 is 1.03 bits per heavy atom. The topological polar surface area (TPSA) is 174 Å². The Kier molecular flexibility index (Phi) is 6.74. The molecule has 3 rings (SSSR count). The molecule has 0 aliphatic carbocycles. The monoisotopic (exact) mass is 403 g/mol. The highest BCUT2D eigenvalue weighted by Gasteiger charge is 2.30. The van der Waals surface area contributed by atoms with Crippen molar-refractivity contribution in [2.75, 3.05) is 6.54 Å². The molecule has 2 aromatic carbocycles. The van der Waals surface area contributed by atoms with Crippen LogP contribution in [-0.2, 0) is 6.42 Å². The van der Waals surface area contributed by atoms with Gasteiger partial charge in [0.25, 0.3) is 11.4 Å². The Morgan fingerprint density at radius 3 is 2.00 bits per heavy atom. The van der Waals surface area contributed by atoms with Crippen molar-refractivity contribution in [3.05, 3.63) is 78.4 Å². The Labute approximate surface area is 164 Å². The third-order valence-corrected chi connectivity index (χ3v) is 3.85. The molecule has 152 valence electrons. The zero-order valence-electron chi connectivity index (χ0n) is 15.2. The van der Waals surface area contributed by atoms with E-state index >= 15 is 0 Å². The standard InChI is InChI=1S/C11H14N2.C6H3N3O7/c1-9-8-12-11(13-9)7-10-5-3-2-4-6-10;10-6-4(8(13)14)1-3(7(11)12)2-5(6)9(15)16/h2-6,9H,7-8H2,1H3,(H,12,13);1-2,10H/t9-;/m1./s1. The van der Waals surface area contributed by atoms with Gasteiger partial charge in [-0.05, 0) is 12.5 Å². The van der Waals surface area contributed by atoms with Gasteiger partial charge in [0.05, 0.1) is 32.9 Å². The molecule has 0 aromatic heterocycles. The molecule has 0 fully saturated rings. The predicted octanol–water partition coefficient (Wildman–Crippen LogP) is 2.74. The van der Waals surface area contributed by atoms with E-state index in [9.17, 15) is 30.3 Å². The minimum atomic E-state index is -1.21. The Hall–Kier alpha value is -4.09. The maximum atomic E-state index is 10.4. The number of phenolic OH excluding ortho intramolecular Hbond substituents is 1. The summed E-state index contributed by atoms with van der Waals surface area (Å²) in [4.78, 5) is 32.3. The summed E-state index contributed by atoms with van der Waals surface area (Å²) in [5.74, 6) is -0.0840. The van der Waals surface area contributed by atoms with Crippen molar-refractivity contribution in [2.24, 2.45) is 4.99 Å². The second-order valence-electron chi connectivity index (χ2n) is 6.07. The summed E-state index contributed by atoms with van der Waals surface area (Å²) in [6.07, 6.45) is 0.936. The number of phenols is 1. The van der Waals surface area contributed by atoms with Gasteiger partial charge in [-0.2, -0.15) is 0 Å². The number of nitrogens with one attached hydrogen (secondary N) is 1. The quantitative estimate of drug-likeness (QED) is 0.566. The number of nitro benzene ring substituents is 3. The maximum Gasteiger partial charge on any atom is 0.324 e. The minimum Gasteiger partial charge on any atom is -0.497 e. The summed E-state index contributed by atoms with van der Waals surface area (Å²) in [7, 11) is 0. The van der Waals surface area contributed by atoms with Gasteiger partial charge in [-0.1, -0.05) is 30.3 Å². The van der Waals surface area contributed by atoms with E-state index in [0.29, 0.717) is 18.2 Å². The van der Waals surface area contributed by atoms with Crippen LogP contribution >= 0.6 is 0 Å². The number of non-ortho nitro benzene ring substituents is 1. The molecule has 1 aliphatic heterocycles. The molecule has 0 unspecified atom stereocenters. The minimum absolute atomic E-state index is 0.443. The second kappa shape index (κ2) is 9.21. The van der Waals surface area contributed by atoms with E-state index in [1.807, 2.05) is 6.07 Å². The molecular formula is C17H17N5O7. The van der Waals surface area contributed by atoms with Crippen molar-refractivity contribution in [2.45, 2.75) is 19.4 Å². The summed E-state index contributed by atoms with van der Waals surface area (Å²) < 4.78 is 0. The van der Waals surface area contributed by atoms with Crippen molar-refractivity contribution in [3.8, 4) is 5.75 Å². The number of aromatic hydroxyl groups is 1. The van der Waals surface area contributed by atoms with Gasteiger partial charge in [0.1, 0.15) is 5.84 Å². The van der Waals surface area contributed by atoms with Crippen LogP contribution in [0.3, 0.4) is 0 Å². The fourth-order valence-electron chi connectivity index (χ4n) is 2.49. The summed E-state index contributed by atoms with van der Waals surface area (Å²) in [5, 5.41) is 43.5. The number of hydrogen-bond acceptors (Lipinski definition) is 9. The van der Waals surface area contributed by atoms with Gasteiger partial charge in [-0.3, -0.25) is 35.3 Å². The van der Waals surface area contributed by atoms with Crippen LogP contribution < -0.4 is 5.32 Å². The van der Waals surface area contributed by atoms with Crippen LogP contribution in [0.5, 0.6) is 5.75 Å². The number of amidine groups is 1. The zero-order valence-corrected chi connectivity index (χ0v) is 15.2. The molecule has 0 saturated heterocycles. The number of aliphatic imine (C=N–C) groups is 1. The summed E-state index contributed by atoms with van der Waals surface area (Å²) in [5.41, 5.74) is -1.68. The first-order chi connectivity index (χ1) is 13.7. The lowest BCUT2D eigenvalue weighted by molar-refractivity contribution is -0.404. The molecule has 2 aromatic rings. The molecule has 0 spiro atoms. The van der Waals surface area contributed by atoms with E-state index in [4.69, 9.17) is 5.11 Å². The van der Waals surface area contributed by atoms with Gasteiger partial charge >= 0.3 is 11.4 Å². The molecule has 1 atom stereocenters. The Morgan fingerprint density at radius 2 is 1.59 bits per heavy atom. The molecule has 0 bridgehead atoms. The predicted molar refractivity (Wildman–Crippen MR) is 103 cm³/mol. The van der Waals surface area contributed by atoms with E-state index in [1.54, 1.807) is 0 Å². The molecule has 0 saturated carbocycles. The summed E-state index contributed by atoms with van der Waals surface area (Å²) in [6.45, 7) is 3.12. The lowest BCUT2D eigenvalue weighted by atomic mass is 10.1. The third kappa shape index (κ3) is 5.69. The number of benzene rings is 2.